The molecule has 5 N–H and O–H groups in total. The van der Waals surface area contributed by atoms with Gasteiger partial charge in [0.2, 0.25) is 11.8 Å². The van der Waals surface area contributed by atoms with Crippen molar-refractivity contribution in [2.75, 3.05) is 20.1 Å². The molecule has 0 aliphatic rings. The number of benzene rings is 1. The summed E-state index contributed by atoms with van der Waals surface area (Å²) < 4.78 is 3.59. The van der Waals surface area contributed by atoms with Crippen molar-refractivity contribution in [3.63, 3.8) is 0 Å². The van der Waals surface area contributed by atoms with Crippen molar-refractivity contribution in [2.24, 2.45) is 11.5 Å². The highest BCUT2D eigenvalue weighted by Crippen LogP contribution is 2.29. The van der Waals surface area contributed by atoms with Crippen LogP contribution in [0.15, 0.2) is 24.4 Å². The number of nitrogens with two attached hydrogens (primary N) is 2. The fraction of sp³-hybridized carbons (Fsp3) is 0.333. The zero-order valence-electron chi connectivity index (χ0n) is 18.7. The first kappa shape index (κ1) is 22.1. The second kappa shape index (κ2) is 8.82. The Balaban J connectivity index is 1.74. The Hall–Kier alpha value is -4.06. The third-order valence-electron chi connectivity index (χ3n) is 5.34. The number of rotatable bonds is 9. The normalized spacial score (nSPS) is 11.5. The number of aryl methyl sites for hydroxylation is 2. The third kappa shape index (κ3) is 4.46. The van der Waals surface area contributed by atoms with Gasteiger partial charge in [0, 0.05) is 29.6 Å². The van der Waals surface area contributed by atoms with Gasteiger partial charge in [-0.25, -0.2) is 4.98 Å². The Labute approximate surface area is 189 Å². The second-order valence-corrected chi connectivity index (χ2v) is 7.89. The molecule has 4 rings (SSSR count). The highest BCUT2D eigenvalue weighted by molar-refractivity contribution is 6.02. The highest BCUT2D eigenvalue weighted by Gasteiger charge is 2.18. The number of fused-ring (bicyclic) bond motifs is 1. The lowest BCUT2D eigenvalue weighted by Gasteiger charge is -2.14. The molecule has 0 bridgehead atoms. The Morgan fingerprint density at radius 1 is 1.18 bits per heavy atom. The molecule has 0 aliphatic carbocycles. The molecule has 1 aromatic carbocycles. The van der Waals surface area contributed by atoms with Crippen molar-refractivity contribution < 1.29 is 9.59 Å². The molecule has 0 fully saturated rings. The minimum Gasteiger partial charge on any atom is -0.369 e. The predicted molar refractivity (Wildman–Crippen MR) is 122 cm³/mol. The van der Waals surface area contributed by atoms with Gasteiger partial charge >= 0.3 is 0 Å². The van der Waals surface area contributed by atoms with Gasteiger partial charge in [0.15, 0.2) is 11.6 Å². The van der Waals surface area contributed by atoms with Crippen molar-refractivity contribution in [1.82, 2.24) is 39.6 Å². The van der Waals surface area contributed by atoms with Crippen LogP contribution in [0.4, 0.5) is 0 Å². The summed E-state index contributed by atoms with van der Waals surface area (Å²) in [4.78, 5) is 29.6. The molecule has 33 heavy (non-hydrogen) atoms. The van der Waals surface area contributed by atoms with Crippen molar-refractivity contribution in [2.45, 2.75) is 26.9 Å². The van der Waals surface area contributed by atoms with Gasteiger partial charge in [-0.1, -0.05) is 0 Å². The number of amides is 2. The van der Waals surface area contributed by atoms with Crippen LogP contribution >= 0.6 is 0 Å². The maximum atomic E-state index is 12.0. The largest absolute Gasteiger partial charge is 0.369 e. The van der Waals surface area contributed by atoms with E-state index in [4.69, 9.17) is 11.5 Å². The van der Waals surface area contributed by atoms with Crippen molar-refractivity contribution in [3.8, 4) is 22.9 Å². The van der Waals surface area contributed by atoms with Gasteiger partial charge < -0.3 is 11.5 Å². The van der Waals surface area contributed by atoms with Gasteiger partial charge in [0.25, 0.3) is 0 Å². The van der Waals surface area contributed by atoms with Crippen LogP contribution in [0.5, 0.6) is 0 Å². The number of H-pyrrole nitrogens is 1. The van der Waals surface area contributed by atoms with Crippen molar-refractivity contribution >= 4 is 22.7 Å². The molecular weight excluding hydrogens is 424 g/mol. The zero-order chi connectivity index (χ0) is 23.7. The summed E-state index contributed by atoms with van der Waals surface area (Å²) in [6.07, 6.45) is 1.71. The number of aromatic nitrogens is 7. The quantitative estimate of drug-likeness (QED) is 0.334. The number of carbonyl (C=O) groups excluding carboxylic acids is 2. The maximum Gasteiger partial charge on any atom is 0.248 e. The smallest absolute Gasteiger partial charge is 0.248 e. The predicted octanol–water partition coefficient (Wildman–Crippen LogP) is 0.529. The first-order valence-electron chi connectivity index (χ1n) is 10.5. The van der Waals surface area contributed by atoms with Crippen molar-refractivity contribution in [3.05, 3.63) is 35.7 Å². The summed E-state index contributed by atoms with van der Waals surface area (Å²) in [6.45, 7) is 5.78. The molecule has 0 spiro atoms. The molecule has 0 saturated heterocycles. The minimum absolute atomic E-state index is 0.144. The van der Waals surface area contributed by atoms with Gasteiger partial charge in [-0.2, -0.15) is 15.3 Å². The Kier molecular flexibility index (Phi) is 5.92. The fourth-order valence-electron chi connectivity index (χ4n) is 3.77. The zero-order valence-corrected chi connectivity index (χ0v) is 18.7. The van der Waals surface area contributed by atoms with Crippen LogP contribution in [-0.2, 0) is 17.9 Å². The monoisotopic (exact) mass is 450 g/mol. The summed E-state index contributed by atoms with van der Waals surface area (Å²) in [7, 11) is 1.80. The summed E-state index contributed by atoms with van der Waals surface area (Å²) in [5, 5.41) is 17.1. The molecular formula is C21H26N10O2. The van der Waals surface area contributed by atoms with Crippen molar-refractivity contribution in [1.29, 1.82) is 0 Å². The molecule has 12 heteroatoms. The standard InChI is InChI=1S/C21H26N10O2/c1-4-30-17(7-12(2)28-30)21-25-20(26-27-21)14-8-13(19(23)33)9-16-15(14)10-24-31(16)6-5-29(3)11-18(22)32/h7-10H,4-6,11H2,1-3H3,(H2,22,32)(H2,23,33)(H,25,26,27). The van der Waals surface area contributed by atoms with E-state index >= 15 is 0 Å². The van der Waals surface area contributed by atoms with E-state index in [-0.39, 0.29) is 6.54 Å². The average molecular weight is 451 g/mol. The van der Waals surface area contributed by atoms with Gasteiger partial charge in [0.05, 0.1) is 30.5 Å². The van der Waals surface area contributed by atoms with E-state index in [2.05, 4.69) is 25.4 Å². The number of hydrogen-bond donors (Lipinski definition) is 3. The molecule has 0 saturated carbocycles. The van der Waals surface area contributed by atoms with E-state index in [0.717, 1.165) is 22.3 Å². The number of likely N-dealkylation sites (N-methyl/N-ethyl adjacent to an activating group) is 1. The second-order valence-electron chi connectivity index (χ2n) is 7.89. The number of hydrogen-bond acceptors (Lipinski definition) is 7. The van der Waals surface area contributed by atoms with E-state index in [1.54, 1.807) is 35.0 Å². The Morgan fingerprint density at radius 3 is 2.67 bits per heavy atom. The molecule has 3 aromatic heterocycles. The van der Waals surface area contributed by atoms with E-state index in [9.17, 15) is 9.59 Å². The number of carbonyl (C=O) groups is 2. The number of primary amides is 2. The lowest BCUT2D eigenvalue weighted by molar-refractivity contribution is -0.118. The van der Waals surface area contributed by atoms with E-state index < -0.39 is 11.8 Å². The van der Waals surface area contributed by atoms with Crippen LogP contribution in [0.3, 0.4) is 0 Å². The summed E-state index contributed by atoms with van der Waals surface area (Å²) >= 11 is 0. The molecule has 0 radical (unpaired) electrons. The van der Waals surface area contributed by atoms with Crippen LogP contribution in [0.1, 0.15) is 23.0 Å². The summed E-state index contributed by atoms with van der Waals surface area (Å²) in [5.74, 6) is 0.0357. The Morgan fingerprint density at radius 2 is 1.97 bits per heavy atom. The van der Waals surface area contributed by atoms with Gasteiger partial charge in [-0.05, 0) is 39.1 Å². The summed E-state index contributed by atoms with van der Waals surface area (Å²) in [6, 6.07) is 5.31. The number of nitrogens with one attached hydrogen (secondary N) is 1. The minimum atomic E-state index is -0.559. The molecule has 12 nitrogen and oxygen atoms in total. The SMILES string of the molecule is CCn1nc(C)cc1-c1n[nH]c(-c2cc(C(N)=O)cc3c2cnn3CCN(C)CC(N)=O)n1. The average Bonchev–Trinajstić information content (AvgIpc) is 3.48. The first-order chi connectivity index (χ1) is 15.8. The van der Waals surface area contributed by atoms with E-state index in [1.165, 1.54) is 0 Å². The van der Waals surface area contributed by atoms with Crippen LogP contribution in [0.25, 0.3) is 33.8 Å². The molecule has 0 unspecified atom stereocenters. The van der Waals surface area contributed by atoms with Crippen LogP contribution in [0.2, 0.25) is 0 Å². The molecule has 0 atom stereocenters. The molecule has 172 valence electrons. The molecule has 0 aliphatic heterocycles. The van der Waals surface area contributed by atoms with Crippen LogP contribution in [0, 0.1) is 6.92 Å². The van der Waals surface area contributed by atoms with E-state index in [1.807, 2.05) is 24.6 Å². The maximum absolute atomic E-state index is 12.0. The first-order valence-corrected chi connectivity index (χ1v) is 10.5. The van der Waals surface area contributed by atoms with Crippen LogP contribution < -0.4 is 11.5 Å². The Bertz CT molecular complexity index is 1330. The fourth-order valence-corrected chi connectivity index (χ4v) is 3.77. The number of nitrogens with zero attached hydrogens (tertiary/aromatic N) is 7. The van der Waals surface area contributed by atoms with Gasteiger partial charge in [0.1, 0.15) is 5.69 Å². The van der Waals surface area contributed by atoms with Crippen LogP contribution in [-0.4, -0.2) is 71.6 Å². The topological polar surface area (TPSA) is 167 Å². The van der Waals surface area contributed by atoms with E-state index in [0.29, 0.717) is 42.4 Å². The number of aromatic amines is 1. The summed E-state index contributed by atoms with van der Waals surface area (Å²) in [5.41, 5.74) is 14.2. The molecule has 4 aromatic rings. The lowest BCUT2D eigenvalue weighted by atomic mass is 10.0. The molecule has 3 heterocycles. The van der Waals surface area contributed by atoms with Gasteiger partial charge in [-0.15, -0.1) is 0 Å². The lowest BCUT2D eigenvalue weighted by Crippen LogP contribution is -2.33. The molecule has 2 amide bonds. The highest BCUT2D eigenvalue weighted by atomic mass is 16.1. The van der Waals surface area contributed by atoms with Gasteiger partial charge in [-0.3, -0.25) is 29.0 Å². The third-order valence-corrected chi connectivity index (χ3v) is 5.34.